The summed E-state index contributed by atoms with van der Waals surface area (Å²) >= 11 is 5.95. The van der Waals surface area contributed by atoms with Gasteiger partial charge in [0, 0.05) is 35.7 Å². The zero-order valence-electron chi connectivity index (χ0n) is 9.96. The van der Waals surface area contributed by atoms with E-state index in [1.165, 1.54) is 0 Å². The van der Waals surface area contributed by atoms with Gasteiger partial charge in [-0.2, -0.15) is 0 Å². The third-order valence-electron chi connectivity index (χ3n) is 3.45. The highest BCUT2D eigenvalue weighted by Gasteiger charge is 2.41. The van der Waals surface area contributed by atoms with Crippen LogP contribution in [0.4, 0.5) is 0 Å². The van der Waals surface area contributed by atoms with E-state index in [9.17, 15) is 10.2 Å². The minimum absolute atomic E-state index is 0.0865. The molecule has 2 rings (SSSR count). The van der Waals surface area contributed by atoms with E-state index in [1.807, 2.05) is 6.92 Å². The molecule has 0 unspecified atom stereocenters. The highest BCUT2D eigenvalue weighted by molar-refractivity contribution is 6.30. The molecule has 1 aliphatic carbocycles. The second-order valence-electron chi connectivity index (χ2n) is 4.99. The van der Waals surface area contributed by atoms with Gasteiger partial charge in [0.2, 0.25) is 0 Å². The van der Waals surface area contributed by atoms with Crippen LogP contribution in [0.3, 0.4) is 0 Å². The molecule has 1 saturated carbocycles. The largest absolute Gasteiger partial charge is 0.507 e. The lowest BCUT2D eigenvalue weighted by Gasteiger charge is -2.14. The minimum atomic E-state index is 0.0865. The van der Waals surface area contributed by atoms with E-state index in [0.717, 1.165) is 30.5 Å². The maximum Gasteiger partial charge on any atom is 0.123 e. The topological polar surface area (TPSA) is 52.5 Å². The Hall–Kier alpha value is -0.770. The molecule has 1 aromatic rings. The predicted octanol–water partition coefficient (Wildman–Crippen LogP) is 2.22. The summed E-state index contributed by atoms with van der Waals surface area (Å²) in [5.74, 6) is 0.302. The van der Waals surface area contributed by atoms with Gasteiger partial charge in [0.15, 0.2) is 0 Å². The molecule has 0 atom stereocenters. The van der Waals surface area contributed by atoms with Gasteiger partial charge < -0.3 is 15.5 Å². The first kappa shape index (κ1) is 12.7. The second-order valence-corrected chi connectivity index (χ2v) is 5.43. The molecule has 1 fully saturated rings. The average Bonchev–Trinajstić information content (AvgIpc) is 3.06. The molecule has 0 saturated heterocycles. The van der Waals surface area contributed by atoms with E-state index < -0.39 is 0 Å². The number of aryl methyl sites for hydroxylation is 1. The Morgan fingerprint density at radius 2 is 2.12 bits per heavy atom. The first-order valence-corrected chi connectivity index (χ1v) is 6.24. The van der Waals surface area contributed by atoms with Gasteiger partial charge in [0.25, 0.3) is 0 Å². The summed E-state index contributed by atoms with van der Waals surface area (Å²) in [5.41, 5.74) is 1.69. The normalized spacial score (nSPS) is 17.1. The molecule has 0 aromatic heterocycles. The van der Waals surface area contributed by atoms with Gasteiger partial charge in [-0.3, -0.25) is 0 Å². The first-order chi connectivity index (χ1) is 8.06. The number of hydrogen-bond donors (Lipinski definition) is 3. The summed E-state index contributed by atoms with van der Waals surface area (Å²) in [6.45, 7) is 3.44. The summed E-state index contributed by atoms with van der Waals surface area (Å²) in [6.07, 6.45) is 2.16. The lowest BCUT2D eigenvalue weighted by atomic mass is 10.1. The van der Waals surface area contributed by atoms with E-state index >= 15 is 0 Å². The van der Waals surface area contributed by atoms with Crippen molar-refractivity contribution in [1.82, 2.24) is 5.32 Å². The maximum atomic E-state index is 9.88. The maximum absolute atomic E-state index is 9.88. The van der Waals surface area contributed by atoms with Gasteiger partial charge in [0.05, 0.1) is 0 Å². The molecule has 1 aliphatic rings. The average molecular weight is 256 g/mol. The van der Waals surface area contributed by atoms with Gasteiger partial charge in [0.1, 0.15) is 5.75 Å². The SMILES string of the molecule is Cc1cc(Cl)cc(CNCC2(CO)CC2)c1O. The quantitative estimate of drug-likeness (QED) is 0.756. The van der Waals surface area contributed by atoms with Crippen molar-refractivity contribution in [3.05, 3.63) is 28.3 Å². The van der Waals surface area contributed by atoms with E-state index in [2.05, 4.69) is 5.32 Å². The zero-order valence-corrected chi connectivity index (χ0v) is 10.7. The summed E-state index contributed by atoms with van der Waals surface area (Å²) in [4.78, 5) is 0. The molecule has 0 aliphatic heterocycles. The van der Waals surface area contributed by atoms with E-state index in [0.29, 0.717) is 17.3 Å². The Bertz CT molecular complexity index is 416. The van der Waals surface area contributed by atoms with Crippen LogP contribution >= 0.6 is 11.6 Å². The van der Waals surface area contributed by atoms with E-state index in [-0.39, 0.29) is 12.0 Å². The summed E-state index contributed by atoms with van der Waals surface area (Å²) in [6, 6.07) is 3.52. The molecule has 1 aromatic carbocycles. The number of rotatable bonds is 5. The van der Waals surface area contributed by atoms with Gasteiger partial charge in [-0.15, -0.1) is 0 Å². The van der Waals surface area contributed by atoms with Crippen molar-refractivity contribution in [1.29, 1.82) is 0 Å². The van der Waals surface area contributed by atoms with Crippen molar-refractivity contribution in [3.63, 3.8) is 0 Å². The van der Waals surface area contributed by atoms with Crippen molar-refractivity contribution in [3.8, 4) is 5.75 Å². The fourth-order valence-corrected chi connectivity index (χ4v) is 2.26. The number of phenols is 1. The molecule has 94 valence electrons. The van der Waals surface area contributed by atoms with Crippen LogP contribution in [-0.4, -0.2) is 23.4 Å². The molecular formula is C13H18ClNO2. The number of phenolic OH excluding ortho intramolecular Hbond substituents is 1. The van der Waals surface area contributed by atoms with Gasteiger partial charge in [-0.25, -0.2) is 0 Å². The number of hydrogen-bond acceptors (Lipinski definition) is 3. The second kappa shape index (κ2) is 4.84. The third kappa shape index (κ3) is 2.92. The first-order valence-electron chi connectivity index (χ1n) is 5.86. The van der Waals surface area contributed by atoms with E-state index in [4.69, 9.17) is 11.6 Å². The van der Waals surface area contributed by atoms with Crippen LogP contribution in [-0.2, 0) is 6.54 Å². The van der Waals surface area contributed by atoms with Crippen molar-refractivity contribution >= 4 is 11.6 Å². The molecule has 0 bridgehead atoms. The van der Waals surface area contributed by atoms with Crippen molar-refractivity contribution < 1.29 is 10.2 Å². The van der Waals surface area contributed by atoms with Crippen molar-refractivity contribution in [2.24, 2.45) is 5.41 Å². The number of benzene rings is 1. The Labute approximate surface area is 106 Å². The van der Waals surface area contributed by atoms with Gasteiger partial charge in [-0.05, 0) is 37.5 Å². The molecule has 4 heteroatoms. The lowest BCUT2D eigenvalue weighted by molar-refractivity contribution is 0.207. The molecule has 0 spiro atoms. The Morgan fingerprint density at radius 3 is 2.71 bits per heavy atom. The van der Waals surface area contributed by atoms with Crippen LogP contribution in [0.15, 0.2) is 12.1 Å². The smallest absolute Gasteiger partial charge is 0.123 e. The van der Waals surface area contributed by atoms with Crippen LogP contribution in [0.5, 0.6) is 5.75 Å². The van der Waals surface area contributed by atoms with Crippen LogP contribution in [0.1, 0.15) is 24.0 Å². The van der Waals surface area contributed by atoms with E-state index in [1.54, 1.807) is 12.1 Å². The number of aromatic hydroxyl groups is 1. The van der Waals surface area contributed by atoms with Crippen molar-refractivity contribution in [2.75, 3.05) is 13.2 Å². The Morgan fingerprint density at radius 1 is 1.41 bits per heavy atom. The Balaban J connectivity index is 1.95. The standard InChI is InChI=1S/C13H18ClNO2/c1-9-4-11(14)5-10(12(9)17)6-15-7-13(8-16)2-3-13/h4-5,15-17H,2-3,6-8H2,1H3. The zero-order chi connectivity index (χ0) is 12.5. The van der Waals surface area contributed by atoms with Gasteiger partial charge in [-0.1, -0.05) is 11.6 Å². The highest BCUT2D eigenvalue weighted by atomic mass is 35.5. The monoisotopic (exact) mass is 255 g/mol. The molecule has 3 N–H and O–H groups in total. The molecular weight excluding hydrogens is 238 g/mol. The fraction of sp³-hybridized carbons (Fsp3) is 0.538. The summed E-state index contributed by atoms with van der Waals surface area (Å²) in [5, 5.41) is 23.0. The van der Waals surface area contributed by atoms with Crippen LogP contribution in [0.2, 0.25) is 5.02 Å². The molecule has 0 heterocycles. The third-order valence-corrected chi connectivity index (χ3v) is 3.67. The summed E-state index contributed by atoms with van der Waals surface area (Å²) in [7, 11) is 0. The molecule has 3 nitrogen and oxygen atoms in total. The minimum Gasteiger partial charge on any atom is -0.507 e. The van der Waals surface area contributed by atoms with Crippen LogP contribution in [0, 0.1) is 12.3 Å². The lowest BCUT2D eigenvalue weighted by Crippen LogP contribution is -2.26. The number of aliphatic hydroxyl groups excluding tert-OH is 1. The van der Waals surface area contributed by atoms with Crippen LogP contribution < -0.4 is 5.32 Å². The number of halogens is 1. The Kier molecular flexibility index (Phi) is 3.61. The predicted molar refractivity (Wildman–Crippen MR) is 68.3 cm³/mol. The molecule has 0 radical (unpaired) electrons. The molecule has 0 amide bonds. The summed E-state index contributed by atoms with van der Waals surface area (Å²) < 4.78 is 0. The fourth-order valence-electron chi connectivity index (χ4n) is 1.97. The van der Waals surface area contributed by atoms with Gasteiger partial charge >= 0.3 is 0 Å². The highest BCUT2D eigenvalue weighted by Crippen LogP contribution is 2.44. The van der Waals surface area contributed by atoms with Crippen LogP contribution in [0.25, 0.3) is 0 Å². The number of nitrogens with one attached hydrogen (secondary N) is 1. The molecule has 17 heavy (non-hydrogen) atoms. The van der Waals surface area contributed by atoms with Crippen molar-refractivity contribution in [2.45, 2.75) is 26.3 Å². The number of aliphatic hydroxyl groups is 1.